The molecule has 0 aliphatic rings. The first-order valence-corrected chi connectivity index (χ1v) is 10.7. The van der Waals surface area contributed by atoms with Crippen LogP contribution in [0.3, 0.4) is 0 Å². The summed E-state index contributed by atoms with van der Waals surface area (Å²) >= 11 is 0. The van der Waals surface area contributed by atoms with Crippen molar-refractivity contribution in [3.63, 3.8) is 0 Å². The number of anilines is 1. The molecule has 0 saturated carbocycles. The van der Waals surface area contributed by atoms with E-state index in [9.17, 15) is 23.1 Å². The van der Waals surface area contributed by atoms with E-state index in [4.69, 9.17) is 4.74 Å². The summed E-state index contributed by atoms with van der Waals surface area (Å²) in [6, 6.07) is 14.6. The molecule has 0 aliphatic heterocycles. The van der Waals surface area contributed by atoms with E-state index in [2.05, 4.69) is 15.3 Å². The molecule has 9 heteroatoms. The van der Waals surface area contributed by atoms with Crippen molar-refractivity contribution >= 4 is 22.7 Å². The van der Waals surface area contributed by atoms with Crippen LogP contribution in [0.25, 0.3) is 22.0 Å². The van der Waals surface area contributed by atoms with Crippen molar-refractivity contribution in [2.45, 2.75) is 26.1 Å². The lowest BCUT2D eigenvalue weighted by Crippen LogP contribution is -2.12. The van der Waals surface area contributed by atoms with E-state index in [-0.39, 0.29) is 5.56 Å². The topological polar surface area (TPSA) is 84.3 Å². The number of ether oxygens (including phenoxy) is 1. The largest absolute Gasteiger partial charge is 0.496 e. The second-order valence-electron chi connectivity index (χ2n) is 8.06. The van der Waals surface area contributed by atoms with E-state index in [1.807, 2.05) is 6.07 Å². The molecular weight excluding hydrogens is 459 g/mol. The number of nitrogens with one attached hydrogen (secondary N) is 1. The molecule has 0 amide bonds. The maximum absolute atomic E-state index is 13.2. The molecule has 0 spiro atoms. The lowest BCUT2D eigenvalue weighted by molar-refractivity contribution is -0.137. The van der Waals surface area contributed by atoms with Crippen molar-refractivity contribution in [3.05, 3.63) is 83.2 Å². The standard InChI is InChI=1S/C26H22F3N3O3/c1-14(18-5-4-6-19(11-18)26(27,28)29)30-24-21-12-20(16-7-9-17(10-8-16)25(33)34)23(35-3)13-22(21)31-15(2)32-24/h4-14H,1-3H3,(H,33,34)(H,30,31,32)/t14-/m0/s1. The van der Waals surface area contributed by atoms with Crippen molar-refractivity contribution in [2.24, 2.45) is 0 Å². The van der Waals surface area contributed by atoms with Gasteiger partial charge < -0.3 is 15.2 Å². The number of hydrogen-bond donors (Lipinski definition) is 2. The molecule has 0 unspecified atom stereocenters. The molecule has 4 rings (SSSR count). The molecule has 35 heavy (non-hydrogen) atoms. The number of alkyl halides is 3. The van der Waals surface area contributed by atoms with Gasteiger partial charge in [-0.25, -0.2) is 14.8 Å². The normalized spacial score (nSPS) is 12.4. The summed E-state index contributed by atoms with van der Waals surface area (Å²) in [5.41, 5.74) is 1.92. The van der Waals surface area contributed by atoms with Crippen molar-refractivity contribution in [2.75, 3.05) is 12.4 Å². The first-order chi connectivity index (χ1) is 16.6. The number of hydrogen-bond acceptors (Lipinski definition) is 5. The summed E-state index contributed by atoms with van der Waals surface area (Å²) in [7, 11) is 1.53. The fourth-order valence-corrected chi connectivity index (χ4v) is 3.84. The number of carboxylic acid groups (broad SMARTS) is 1. The average Bonchev–Trinajstić information content (AvgIpc) is 2.82. The van der Waals surface area contributed by atoms with E-state index >= 15 is 0 Å². The van der Waals surface area contributed by atoms with Crippen molar-refractivity contribution in [3.8, 4) is 16.9 Å². The van der Waals surface area contributed by atoms with Crippen LogP contribution in [0.2, 0.25) is 0 Å². The van der Waals surface area contributed by atoms with E-state index in [1.54, 1.807) is 38.1 Å². The van der Waals surface area contributed by atoms with Gasteiger partial charge in [0.05, 0.1) is 23.8 Å². The highest BCUT2D eigenvalue weighted by molar-refractivity contribution is 5.96. The van der Waals surface area contributed by atoms with Gasteiger partial charge in [-0.3, -0.25) is 0 Å². The second-order valence-corrected chi connectivity index (χ2v) is 8.06. The molecule has 0 bridgehead atoms. The number of rotatable bonds is 6. The molecule has 0 fully saturated rings. The Morgan fingerprint density at radius 1 is 1.06 bits per heavy atom. The fourth-order valence-electron chi connectivity index (χ4n) is 3.84. The van der Waals surface area contributed by atoms with E-state index < -0.39 is 23.8 Å². The van der Waals surface area contributed by atoms with Gasteiger partial charge in [0.2, 0.25) is 0 Å². The fraction of sp³-hybridized carbons (Fsp3) is 0.192. The molecule has 0 saturated heterocycles. The summed E-state index contributed by atoms with van der Waals surface area (Å²) in [5.74, 6) is 0.455. The van der Waals surface area contributed by atoms with Gasteiger partial charge in [-0.15, -0.1) is 0 Å². The minimum absolute atomic E-state index is 0.157. The molecule has 6 nitrogen and oxygen atoms in total. The summed E-state index contributed by atoms with van der Waals surface area (Å²) < 4.78 is 45.1. The quantitative estimate of drug-likeness (QED) is 0.327. The minimum atomic E-state index is -4.43. The maximum atomic E-state index is 13.2. The Kier molecular flexibility index (Phi) is 6.34. The monoisotopic (exact) mass is 481 g/mol. The molecule has 1 heterocycles. The van der Waals surface area contributed by atoms with E-state index in [1.165, 1.54) is 25.3 Å². The Hall–Kier alpha value is -4.14. The van der Waals surface area contributed by atoms with Gasteiger partial charge in [0.25, 0.3) is 0 Å². The second kappa shape index (κ2) is 9.25. The molecule has 1 atom stereocenters. The van der Waals surface area contributed by atoms with Crippen molar-refractivity contribution in [1.82, 2.24) is 9.97 Å². The Labute approximate surface area is 199 Å². The van der Waals surface area contributed by atoms with Gasteiger partial charge >= 0.3 is 12.1 Å². The lowest BCUT2D eigenvalue weighted by atomic mass is 10.00. The maximum Gasteiger partial charge on any atom is 0.416 e. The van der Waals surface area contributed by atoms with Crippen LogP contribution in [-0.2, 0) is 6.18 Å². The van der Waals surface area contributed by atoms with Crippen LogP contribution >= 0.6 is 0 Å². The molecule has 1 aromatic heterocycles. The van der Waals surface area contributed by atoms with Crippen LogP contribution in [0.1, 0.15) is 40.3 Å². The summed E-state index contributed by atoms with van der Waals surface area (Å²) in [4.78, 5) is 20.2. The number of carboxylic acids is 1. The molecule has 4 aromatic rings. The highest BCUT2D eigenvalue weighted by atomic mass is 19.4. The number of nitrogens with zero attached hydrogens (tertiary/aromatic N) is 2. The Morgan fingerprint density at radius 2 is 1.77 bits per heavy atom. The molecule has 3 aromatic carbocycles. The van der Waals surface area contributed by atoms with Crippen LogP contribution in [0, 0.1) is 6.92 Å². The Morgan fingerprint density at radius 3 is 2.40 bits per heavy atom. The average molecular weight is 481 g/mol. The number of carbonyl (C=O) groups is 1. The molecular formula is C26H22F3N3O3. The number of benzene rings is 3. The highest BCUT2D eigenvalue weighted by Gasteiger charge is 2.30. The van der Waals surface area contributed by atoms with Crippen LogP contribution in [-0.4, -0.2) is 28.2 Å². The zero-order valence-electron chi connectivity index (χ0n) is 19.1. The Balaban J connectivity index is 1.78. The molecule has 0 aliphatic carbocycles. The molecule has 180 valence electrons. The number of aromatic nitrogens is 2. The number of aryl methyl sites for hydroxylation is 1. The summed E-state index contributed by atoms with van der Waals surface area (Å²) in [6.45, 7) is 3.48. The number of halogens is 3. The summed E-state index contributed by atoms with van der Waals surface area (Å²) in [5, 5.41) is 13.0. The van der Waals surface area contributed by atoms with Crippen LogP contribution in [0.4, 0.5) is 19.0 Å². The smallest absolute Gasteiger partial charge is 0.416 e. The zero-order chi connectivity index (χ0) is 25.3. The number of methoxy groups -OCH3 is 1. The third-order valence-electron chi connectivity index (χ3n) is 5.64. The van der Waals surface area contributed by atoms with Crippen LogP contribution < -0.4 is 10.1 Å². The van der Waals surface area contributed by atoms with Crippen molar-refractivity contribution < 1.29 is 27.8 Å². The van der Waals surface area contributed by atoms with Crippen molar-refractivity contribution in [1.29, 1.82) is 0 Å². The minimum Gasteiger partial charge on any atom is -0.496 e. The van der Waals surface area contributed by atoms with E-state index in [0.29, 0.717) is 39.4 Å². The van der Waals surface area contributed by atoms with Gasteiger partial charge in [0.15, 0.2) is 0 Å². The van der Waals surface area contributed by atoms with Gasteiger partial charge in [0, 0.05) is 23.1 Å². The summed E-state index contributed by atoms with van der Waals surface area (Å²) in [6.07, 6.45) is -4.43. The lowest BCUT2D eigenvalue weighted by Gasteiger charge is -2.19. The van der Waals surface area contributed by atoms with Gasteiger partial charge in [-0.1, -0.05) is 24.3 Å². The first-order valence-electron chi connectivity index (χ1n) is 10.7. The zero-order valence-corrected chi connectivity index (χ0v) is 19.1. The van der Waals surface area contributed by atoms with Crippen LogP contribution in [0.5, 0.6) is 5.75 Å². The van der Waals surface area contributed by atoms with Gasteiger partial charge in [0.1, 0.15) is 17.4 Å². The third kappa shape index (κ3) is 5.03. The third-order valence-corrected chi connectivity index (χ3v) is 5.64. The van der Waals surface area contributed by atoms with Crippen LogP contribution in [0.15, 0.2) is 60.7 Å². The SMILES string of the molecule is COc1cc2nc(C)nc(N[C@@H](C)c3cccc(C(F)(F)F)c3)c2cc1-c1ccc(C(=O)O)cc1. The molecule has 0 radical (unpaired) electrons. The Bertz CT molecular complexity index is 1400. The predicted molar refractivity (Wildman–Crippen MR) is 127 cm³/mol. The molecule has 2 N–H and O–H groups in total. The van der Waals surface area contributed by atoms with Gasteiger partial charge in [-0.05, 0) is 55.3 Å². The first kappa shape index (κ1) is 24.0. The van der Waals surface area contributed by atoms with Gasteiger partial charge in [-0.2, -0.15) is 13.2 Å². The number of aromatic carboxylic acids is 1. The highest BCUT2D eigenvalue weighted by Crippen LogP contribution is 2.37. The predicted octanol–water partition coefficient (Wildman–Crippen LogP) is 6.50. The number of fused-ring (bicyclic) bond motifs is 1. The van der Waals surface area contributed by atoms with E-state index in [0.717, 1.165) is 17.7 Å².